The molecule has 2 heteroatoms. The number of amides is 1. The topological polar surface area (TPSA) is 29.1 Å². The first-order valence-electron chi connectivity index (χ1n) is 7.58. The van der Waals surface area contributed by atoms with E-state index in [1.165, 1.54) is 16.7 Å². The maximum Gasteiger partial charge on any atom is 0.244 e. The Bertz CT molecular complexity index is 683. The minimum absolute atomic E-state index is 0.00512. The Morgan fingerprint density at radius 3 is 2.32 bits per heavy atom. The second kappa shape index (κ2) is 7.08. The molecule has 22 heavy (non-hydrogen) atoms. The van der Waals surface area contributed by atoms with Crippen LogP contribution in [-0.2, 0) is 4.79 Å². The Morgan fingerprint density at radius 1 is 1.00 bits per heavy atom. The number of hydrogen-bond donors (Lipinski definition) is 1. The van der Waals surface area contributed by atoms with Crippen LogP contribution in [0.25, 0.3) is 6.08 Å². The molecule has 0 fully saturated rings. The lowest BCUT2D eigenvalue weighted by Crippen LogP contribution is -2.24. The van der Waals surface area contributed by atoms with Gasteiger partial charge in [0.1, 0.15) is 0 Å². The molecule has 1 amide bonds. The Kier molecular flexibility index (Phi) is 5.16. The highest BCUT2D eigenvalue weighted by Gasteiger charge is 2.08. The van der Waals surface area contributed by atoms with Crippen molar-refractivity contribution in [1.82, 2.24) is 5.32 Å². The third-order valence-corrected chi connectivity index (χ3v) is 3.89. The third-order valence-electron chi connectivity index (χ3n) is 3.89. The van der Waals surface area contributed by atoms with Gasteiger partial charge in [0.05, 0.1) is 6.04 Å². The van der Waals surface area contributed by atoms with Crippen molar-refractivity contribution in [3.8, 4) is 0 Å². The van der Waals surface area contributed by atoms with Crippen molar-refractivity contribution < 1.29 is 4.79 Å². The van der Waals surface area contributed by atoms with Gasteiger partial charge in [-0.05, 0) is 56.0 Å². The summed E-state index contributed by atoms with van der Waals surface area (Å²) < 4.78 is 0. The Balaban J connectivity index is 1.98. The molecule has 2 aromatic rings. The molecule has 0 spiro atoms. The van der Waals surface area contributed by atoms with Gasteiger partial charge in [-0.1, -0.05) is 48.0 Å². The summed E-state index contributed by atoms with van der Waals surface area (Å²) in [4.78, 5) is 12.0. The minimum Gasteiger partial charge on any atom is -0.346 e. The highest BCUT2D eigenvalue weighted by Crippen LogP contribution is 2.16. The average Bonchev–Trinajstić information content (AvgIpc) is 2.49. The van der Waals surface area contributed by atoms with Crippen molar-refractivity contribution in [2.24, 2.45) is 0 Å². The third kappa shape index (κ3) is 4.32. The molecule has 0 aliphatic carbocycles. The second-order valence-corrected chi connectivity index (χ2v) is 5.82. The molecule has 0 aliphatic heterocycles. The van der Waals surface area contributed by atoms with Crippen LogP contribution in [0.4, 0.5) is 0 Å². The fourth-order valence-electron chi connectivity index (χ4n) is 2.23. The van der Waals surface area contributed by atoms with Gasteiger partial charge in [0.25, 0.3) is 0 Å². The lowest BCUT2D eigenvalue weighted by molar-refractivity contribution is -0.117. The first-order valence-corrected chi connectivity index (χ1v) is 7.58. The van der Waals surface area contributed by atoms with Gasteiger partial charge in [0.15, 0.2) is 0 Å². The van der Waals surface area contributed by atoms with Crippen molar-refractivity contribution in [2.45, 2.75) is 33.7 Å². The summed E-state index contributed by atoms with van der Waals surface area (Å²) in [6.45, 7) is 8.23. The molecule has 1 N–H and O–H groups in total. The van der Waals surface area contributed by atoms with Crippen LogP contribution in [-0.4, -0.2) is 5.91 Å². The monoisotopic (exact) mass is 293 g/mol. The van der Waals surface area contributed by atoms with Gasteiger partial charge in [-0.3, -0.25) is 4.79 Å². The zero-order valence-electron chi connectivity index (χ0n) is 13.7. The average molecular weight is 293 g/mol. The molecule has 2 nitrogen and oxygen atoms in total. The summed E-state index contributed by atoms with van der Waals surface area (Å²) >= 11 is 0. The van der Waals surface area contributed by atoms with Crippen molar-refractivity contribution in [1.29, 1.82) is 0 Å². The molecule has 0 saturated heterocycles. The maximum atomic E-state index is 12.0. The summed E-state index contributed by atoms with van der Waals surface area (Å²) in [7, 11) is 0. The van der Waals surface area contributed by atoms with E-state index in [4.69, 9.17) is 0 Å². The second-order valence-electron chi connectivity index (χ2n) is 5.82. The number of benzene rings is 2. The summed E-state index contributed by atoms with van der Waals surface area (Å²) in [5.41, 5.74) is 5.88. The van der Waals surface area contributed by atoms with Crippen LogP contribution >= 0.6 is 0 Å². The van der Waals surface area contributed by atoms with E-state index in [0.717, 1.165) is 11.1 Å². The van der Waals surface area contributed by atoms with E-state index in [9.17, 15) is 4.79 Å². The fourth-order valence-corrected chi connectivity index (χ4v) is 2.23. The van der Waals surface area contributed by atoms with Crippen molar-refractivity contribution in [3.05, 3.63) is 76.4 Å². The summed E-state index contributed by atoms with van der Waals surface area (Å²) in [6, 6.07) is 14.4. The van der Waals surface area contributed by atoms with E-state index < -0.39 is 0 Å². The summed E-state index contributed by atoms with van der Waals surface area (Å²) in [5.74, 6) is -0.0775. The predicted octanol–water partition coefficient (Wildman–Crippen LogP) is 4.50. The lowest BCUT2D eigenvalue weighted by Gasteiger charge is -2.14. The number of carbonyl (C=O) groups excluding carboxylic acids is 1. The molecule has 2 rings (SSSR count). The molecule has 0 saturated carbocycles. The van der Waals surface area contributed by atoms with E-state index in [-0.39, 0.29) is 11.9 Å². The molecule has 0 heterocycles. The van der Waals surface area contributed by atoms with Crippen molar-refractivity contribution >= 4 is 12.0 Å². The number of hydrogen-bond acceptors (Lipinski definition) is 1. The van der Waals surface area contributed by atoms with Gasteiger partial charge < -0.3 is 5.32 Å². The van der Waals surface area contributed by atoms with Gasteiger partial charge in [0, 0.05) is 6.08 Å². The molecule has 0 unspecified atom stereocenters. The summed E-state index contributed by atoms with van der Waals surface area (Å²) in [6.07, 6.45) is 3.42. The van der Waals surface area contributed by atoms with Crippen molar-refractivity contribution in [3.63, 3.8) is 0 Å². The predicted molar refractivity (Wildman–Crippen MR) is 92.7 cm³/mol. The molecule has 114 valence electrons. The number of carbonyl (C=O) groups is 1. The van der Waals surface area contributed by atoms with E-state index in [1.807, 2.05) is 44.2 Å². The normalized spacial score (nSPS) is 12.4. The van der Waals surface area contributed by atoms with Crippen LogP contribution < -0.4 is 5.32 Å². The minimum atomic E-state index is -0.0775. The SMILES string of the molecule is Cc1ccc(/C=C/C(=O)N[C@H](C)c2ccc(C)c(C)c2)cc1. The van der Waals surface area contributed by atoms with Crippen molar-refractivity contribution in [2.75, 3.05) is 0 Å². The Labute approximate surface area is 132 Å². The van der Waals surface area contributed by atoms with E-state index >= 15 is 0 Å². The number of rotatable bonds is 4. The lowest BCUT2D eigenvalue weighted by atomic mass is 10.0. The fraction of sp³-hybridized carbons (Fsp3) is 0.250. The van der Waals surface area contributed by atoms with E-state index in [1.54, 1.807) is 6.08 Å². The first-order chi connectivity index (χ1) is 10.5. The summed E-state index contributed by atoms with van der Waals surface area (Å²) in [5, 5.41) is 3.00. The molecule has 0 aromatic heterocycles. The standard InChI is InChI=1S/C20H23NO/c1-14-5-8-18(9-6-14)10-12-20(22)21-17(4)19-11-7-15(2)16(3)13-19/h5-13,17H,1-4H3,(H,21,22)/b12-10+/t17-/m1/s1. The van der Waals surface area contributed by atoms with E-state index in [0.29, 0.717) is 0 Å². The van der Waals surface area contributed by atoms with Crippen LogP contribution in [0.3, 0.4) is 0 Å². The van der Waals surface area contributed by atoms with Gasteiger partial charge in [-0.25, -0.2) is 0 Å². The largest absolute Gasteiger partial charge is 0.346 e. The molecular weight excluding hydrogens is 270 g/mol. The van der Waals surface area contributed by atoms with Crippen LogP contribution in [0.5, 0.6) is 0 Å². The maximum absolute atomic E-state index is 12.0. The smallest absolute Gasteiger partial charge is 0.244 e. The molecule has 0 bridgehead atoms. The van der Waals surface area contributed by atoms with Gasteiger partial charge >= 0.3 is 0 Å². The van der Waals surface area contributed by atoms with Crippen LogP contribution in [0.2, 0.25) is 0 Å². The van der Waals surface area contributed by atoms with Gasteiger partial charge in [0.2, 0.25) is 5.91 Å². The highest BCUT2D eigenvalue weighted by atomic mass is 16.1. The van der Waals surface area contributed by atoms with Crippen LogP contribution in [0, 0.1) is 20.8 Å². The molecule has 2 aromatic carbocycles. The van der Waals surface area contributed by atoms with Crippen LogP contribution in [0.15, 0.2) is 48.5 Å². The first kappa shape index (κ1) is 16.0. The zero-order chi connectivity index (χ0) is 16.1. The molecule has 1 atom stereocenters. The quantitative estimate of drug-likeness (QED) is 0.826. The zero-order valence-corrected chi connectivity index (χ0v) is 13.7. The Hall–Kier alpha value is -2.35. The number of nitrogens with one attached hydrogen (secondary N) is 1. The van der Waals surface area contributed by atoms with E-state index in [2.05, 4.69) is 37.4 Å². The number of aryl methyl sites for hydroxylation is 3. The molecule has 0 aliphatic rings. The van der Waals surface area contributed by atoms with Gasteiger partial charge in [-0.15, -0.1) is 0 Å². The molecular formula is C20H23NO. The highest BCUT2D eigenvalue weighted by molar-refractivity contribution is 5.91. The van der Waals surface area contributed by atoms with Crippen LogP contribution in [0.1, 0.15) is 40.8 Å². The van der Waals surface area contributed by atoms with Gasteiger partial charge in [-0.2, -0.15) is 0 Å². The molecule has 0 radical (unpaired) electrons. The Morgan fingerprint density at radius 2 is 1.68 bits per heavy atom.